The van der Waals surface area contributed by atoms with Gasteiger partial charge in [0.25, 0.3) is 0 Å². The predicted octanol–water partition coefficient (Wildman–Crippen LogP) is 2.55. The van der Waals surface area contributed by atoms with E-state index in [-0.39, 0.29) is 24.8 Å². The van der Waals surface area contributed by atoms with Crippen molar-refractivity contribution >= 4 is 17.7 Å². The average molecular weight is 400 g/mol. The van der Waals surface area contributed by atoms with Crippen molar-refractivity contribution in [3.63, 3.8) is 0 Å². The summed E-state index contributed by atoms with van der Waals surface area (Å²) >= 11 is 0. The molecule has 0 aliphatic heterocycles. The molecule has 1 atom stereocenters. The largest absolute Gasteiger partial charge is 0.396 e. The minimum absolute atomic E-state index is 0.0961. The molecule has 0 heterocycles. The van der Waals surface area contributed by atoms with E-state index in [4.69, 9.17) is 10.8 Å². The first-order valence-corrected chi connectivity index (χ1v) is 11.0. The minimum atomic E-state index is -0.654. The van der Waals surface area contributed by atoms with E-state index < -0.39 is 11.9 Å². The maximum atomic E-state index is 12.0. The number of rotatable bonds is 19. The SMILES string of the molecule is CCCCCCCCCCCC(=O)NC(CCCCNC(=O)CCO)C(N)=O. The van der Waals surface area contributed by atoms with Crippen molar-refractivity contribution in [3.8, 4) is 0 Å². The smallest absolute Gasteiger partial charge is 0.239 e. The van der Waals surface area contributed by atoms with Gasteiger partial charge in [0.05, 0.1) is 6.61 Å². The molecule has 0 aromatic carbocycles. The van der Waals surface area contributed by atoms with Crippen LogP contribution >= 0.6 is 0 Å². The van der Waals surface area contributed by atoms with Crippen LogP contribution in [0, 0.1) is 0 Å². The van der Waals surface area contributed by atoms with Gasteiger partial charge in [0.1, 0.15) is 6.04 Å². The Balaban J connectivity index is 3.75. The number of hydrogen-bond donors (Lipinski definition) is 4. The number of nitrogens with one attached hydrogen (secondary N) is 2. The van der Waals surface area contributed by atoms with Crippen molar-refractivity contribution in [2.45, 2.75) is 103 Å². The normalized spacial score (nSPS) is 11.8. The molecule has 0 fully saturated rings. The van der Waals surface area contributed by atoms with Crippen LogP contribution in [0.15, 0.2) is 0 Å². The third-order valence-corrected chi connectivity index (χ3v) is 4.77. The molecule has 28 heavy (non-hydrogen) atoms. The van der Waals surface area contributed by atoms with Gasteiger partial charge in [0.15, 0.2) is 0 Å². The fraction of sp³-hybridized carbons (Fsp3) is 0.857. The molecule has 5 N–H and O–H groups in total. The van der Waals surface area contributed by atoms with Crippen molar-refractivity contribution in [2.24, 2.45) is 5.73 Å². The quantitative estimate of drug-likeness (QED) is 0.249. The van der Waals surface area contributed by atoms with E-state index in [9.17, 15) is 14.4 Å². The summed E-state index contributed by atoms with van der Waals surface area (Å²) in [6, 6.07) is -0.654. The Kier molecular flexibility index (Phi) is 17.6. The zero-order chi connectivity index (χ0) is 21.0. The molecule has 164 valence electrons. The highest BCUT2D eigenvalue weighted by atomic mass is 16.3. The Hall–Kier alpha value is -1.63. The number of nitrogens with two attached hydrogens (primary N) is 1. The predicted molar refractivity (Wildman–Crippen MR) is 112 cm³/mol. The zero-order valence-electron chi connectivity index (χ0n) is 17.6. The monoisotopic (exact) mass is 399 g/mol. The highest BCUT2D eigenvalue weighted by Crippen LogP contribution is 2.10. The van der Waals surface area contributed by atoms with Gasteiger partial charge in [0.2, 0.25) is 17.7 Å². The van der Waals surface area contributed by atoms with Crippen LogP contribution in [0.2, 0.25) is 0 Å². The lowest BCUT2D eigenvalue weighted by molar-refractivity contribution is -0.127. The van der Waals surface area contributed by atoms with Crippen LogP contribution < -0.4 is 16.4 Å². The van der Waals surface area contributed by atoms with E-state index >= 15 is 0 Å². The molecule has 0 bridgehead atoms. The summed E-state index contributed by atoms with van der Waals surface area (Å²) in [6.07, 6.45) is 13.1. The lowest BCUT2D eigenvalue weighted by Gasteiger charge is -2.15. The molecule has 0 radical (unpaired) electrons. The average Bonchev–Trinajstić information content (AvgIpc) is 2.65. The van der Waals surface area contributed by atoms with Gasteiger partial charge in [0, 0.05) is 19.4 Å². The number of hydrogen-bond acceptors (Lipinski definition) is 4. The van der Waals surface area contributed by atoms with Crippen molar-refractivity contribution < 1.29 is 19.5 Å². The summed E-state index contributed by atoms with van der Waals surface area (Å²) in [5, 5.41) is 14.1. The Morgan fingerprint density at radius 2 is 1.43 bits per heavy atom. The van der Waals surface area contributed by atoms with Crippen molar-refractivity contribution in [1.82, 2.24) is 10.6 Å². The molecule has 7 heteroatoms. The van der Waals surface area contributed by atoms with Gasteiger partial charge in [-0.25, -0.2) is 0 Å². The Morgan fingerprint density at radius 3 is 2.00 bits per heavy atom. The van der Waals surface area contributed by atoms with Crippen LogP contribution in [0.25, 0.3) is 0 Å². The fourth-order valence-electron chi connectivity index (χ4n) is 3.04. The number of carbonyl (C=O) groups excluding carboxylic acids is 3. The topological polar surface area (TPSA) is 122 Å². The van der Waals surface area contributed by atoms with Crippen LogP contribution in [0.5, 0.6) is 0 Å². The molecule has 0 aliphatic carbocycles. The van der Waals surface area contributed by atoms with Gasteiger partial charge in [-0.3, -0.25) is 14.4 Å². The number of amides is 3. The Bertz CT molecular complexity index is 430. The van der Waals surface area contributed by atoms with E-state index in [2.05, 4.69) is 17.6 Å². The highest BCUT2D eigenvalue weighted by molar-refractivity contribution is 5.86. The third-order valence-electron chi connectivity index (χ3n) is 4.77. The minimum Gasteiger partial charge on any atom is -0.396 e. The highest BCUT2D eigenvalue weighted by Gasteiger charge is 2.17. The fourth-order valence-corrected chi connectivity index (χ4v) is 3.04. The lowest BCUT2D eigenvalue weighted by atomic mass is 10.1. The summed E-state index contributed by atoms with van der Waals surface area (Å²) in [6.45, 7) is 2.53. The first-order valence-electron chi connectivity index (χ1n) is 11.0. The van der Waals surface area contributed by atoms with Gasteiger partial charge in [-0.1, -0.05) is 58.3 Å². The molecule has 0 saturated heterocycles. The van der Waals surface area contributed by atoms with E-state index in [0.29, 0.717) is 32.2 Å². The maximum absolute atomic E-state index is 12.0. The van der Waals surface area contributed by atoms with E-state index in [1.165, 1.54) is 38.5 Å². The summed E-state index contributed by atoms with van der Waals surface area (Å²) < 4.78 is 0. The van der Waals surface area contributed by atoms with Crippen molar-refractivity contribution in [1.29, 1.82) is 0 Å². The summed E-state index contributed by atoms with van der Waals surface area (Å²) in [4.78, 5) is 34.8. The summed E-state index contributed by atoms with van der Waals surface area (Å²) in [7, 11) is 0. The van der Waals surface area contributed by atoms with Gasteiger partial charge in [-0.2, -0.15) is 0 Å². The molecule has 3 amide bonds. The molecule has 0 aromatic heterocycles. The standard InChI is InChI=1S/C21H41N3O4/c1-2-3-4-5-6-7-8-9-10-14-20(27)24-18(21(22)28)13-11-12-16-23-19(26)15-17-25/h18,25H,2-17H2,1H3,(H2,22,28)(H,23,26)(H,24,27). The third kappa shape index (κ3) is 16.5. The van der Waals surface area contributed by atoms with Gasteiger partial charge in [-0.15, -0.1) is 0 Å². The molecular weight excluding hydrogens is 358 g/mol. The van der Waals surface area contributed by atoms with Crippen molar-refractivity contribution in [2.75, 3.05) is 13.2 Å². The molecule has 0 aromatic rings. The van der Waals surface area contributed by atoms with E-state index in [1.54, 1.807) is 0 Å². The molecule has 0 aliphatic rings. The number of carbonyl (C=O) groups is 3. The molecule has 1 unspecified atom stereocenters. The second kappa shape index (κ2) is 18.7. The molecular formula is C21H41N3O4. The summed E-state index contributed by atoms with van der Waals surface area (Å²) in [5.74, 6) is -0.837. The van der Waals surface area contributed by atoms with Gasteiger partial charge in [-0.05, 0) is 25.7 Å². The summed E-state index contributed by atoms with van der Waals surface area (Å²) in [5.41, 5.74) is 5.38. The van der Waals surface area contributed by atoms with Crippen LogP contribution in [0.3, 0.4) is 0 Å². The second-order valence-electron chi connectivity index (χ2n) is 7.42. The van der Waals surface area contributed by atoms with Crippen LogP contribution in [-0.2, 0) is 14.4 Å². The van der Waals surface area contributed by atoms with Crippen molar-refractivity contribution in [3.05, 3.63) is 0 Å². The van der Waals surface area contributed by atoms with E-state index in [1.807, 2.05) is 0 Å². The first-order chi connectivity index (χ1) is 13.5. The second-order valence-corrected chi connectivity index (χ2v) is 7.42. The van der Waals surface area contributed by atoms with Crippen LogP contribution in [0.1, 0.15) is 96.8 Å². The Morgan fingerprint density at radius 1 is 0.821 bits per heavy atom. The van der Waals surface area contributed by atoms with E-state index in [0.717, 1.165) is 19.3 Å². The molecule has 0 saturated carbocycles. The number of primary amides is 1. The lowest BCUT2D eigenvalue weighted by Crippen LogP contribution is -2.44. The number of unbranched alkanes of at least 4 members (excludes halogenated alkanes) is 9. The number of aliphatic hydroxyl groups is 1. The first kappa shape index (κ1) is 26.4. The van der Waals surface area contributed by atoms with Crippen LogP contribution in [0.4, 0.5) is 0 Å². The van der Waals surface area contributed by atoms with Crippen LogP contribution in [-0.4, -0.2) is 42.0 Å². The Labute approximate surface area is 170 Å². The maximum Gasteiger partial charge on any atom is 0.239 e. The van der Waals surface area contributed by atoms with Gasteiger partial charge < -0.3 is 21.5 Å². The van der Waals surface area contributed by atoms with Gasteiger partial charge >= 0.3 is 0 Å². The number of aliphatic hydroxyl groups excluding tert-OH is 1. The molecule has 0 rings (SSSR count). The zero-order valence-corrected chi connectivity index (χ0v) is 17.6. The molecule has 7 nitrogen and oxygen atoms in total. The molecule has 0 spiro atoms.